The van der Waals surface area contributed by atoms with Gasteiger partial charge in [0.1, 0.15) is 11.9 Å². The number of nitriles is 1. The van der Waals surface area contributed by atoms with Gasteiger partial charge < -0.3 is 5.73 Å². The van der Waals surface area contributed by atoms with Crippen LogP contribution in [0.5, 0.6) is 0 Å². The number of fused-ring (bicyclic) bond motifs is 1. The summed E-state index contributed by atoms with van der Waals surface area (Å²) < 4.78 is 14.3. The lowest BCUT2D eigenvalue weighted by molar-refractivity contribution is 0.623. The van der Waals surface area contributed by atoms with Crippen molar-refractivity contribution in [3.63, 3.8) is 0 Å². The van der Waals surface area contributed by atoms with Crippen molar-refractivity contribution in [2.75, 3.05) is 5.73 Å². The van der Waals surface area contributed by atoms with Gasteiger partial charge in [-0.05, 0) is 36.4 Å². The molecular formula is C14H9Br2FN4. The zero-order valence-electron chi connectivity index (χ0n) is 10.6. The summed E-state index contributed by atoms with van der Waals surface area (Å²) in [6.07, 6.45) is 0. The Balaban J connectivity index is 0.000000155. The maximum atomic E-state index is 12.5. The van der Waals surface area contributed by atoms with Crippen LogP contribution in [0.15, 0.2) is 45.3 Å². The third kappa shape index (κ3) is 3.80. The Morgan fingerprint density at radius 3 is 2.48 bits per heavy atom. The first kappa shape index (κ1) is 15.5. The highest BCUT2D eigenvalue weighted by Gasteiger charge is 2.00. The van der Waals surface area contributed by atoms with E-state index in [9.17, 15) is 4.39 Å². The normalized spacial score (nSPS) is 9.81. The fourth-order valence-corrected chi connectivity index (χ4v) is 2.31. The van der Waals surface area contributed by atoms with Crippen LogP contribution in [-0.2, 0) is 0 Å². The van der Waals surface area contributed by atoms with E-state index in [0.717, 1.165) is 15.4 Å². The van der Waals surface area contributed by atoms with Crippen molar-refractivity contribution >= 4 is 48.6 Å². The predicted molar refractivity (Wildman–Crippen MR) is 87.0 cm³/mol. The summed E-state index contributed by atoms with van der Waals surface area (Å²) in [6, 6.07) is 11.8. The topological polar surface area (TPSA) is 78.5 Å². The van der Waals surface area contributed by atoms with Gasteiger partial charge in [-0.3, -0.25) is 5.10 Å². The average Bonchev–Trinajstić information content (AvgIpc) is 2.83. The van der Waals surface area contributed by atoms with Gasteiger partial charge in [0, 0.05) is 14.3 Å². The molecule has 1 heterocycles. The molecule has 106 valence electrons. The van der Waals surface area contributed by atoms with Gasteiger partial charge in [-0.2, -0.15) is 10.4 Å². The maximum absolute atomic E-state index is 12.5. The van der Waals surface area contributed by atoms with E-state index in [2.05, 4.69) is 42.1 Å². The smallest absolute Gasteiger partial charge is 0.153 e. The lowest BCUT2D eigenvalue weighted by atomic mass is 10.2. The summed E-state index contributed by atoms with van der Waals surface area (Å²) in [5.41, 5.74) is 6.61. The lowest BCUT2D eigenvalue weighted by Gasteiger charge is -1.91. The van der Waals surface area contributed by atoms with Gasteiger partial charge in [-0.25, -0.2) is 4.39 Å². The van der Waals surface area contributed by atoms with E-state index in [1.54, 1.807) is 12.1 Å². The second-order valence-electron chi connectivity index (χ2n) is 4.03. The van der Waals surface area contributed by atoms with Crippen molar-refractivity contribution in [3.8, 4) is 6.07 Å². The highest BCUT2D eigenvalue weighted by Crippen LogP contribution is 2.21. The molecule has 0 atom stereocenters. The molecule has 0 saturated heterocycles. The van der Waals surface area contributed by atoms with E-state index < -0.39 is 5.82 Å². The molecule has 1 aromatic heterocycles. The number of nitrogens with two attached hydrogens (primary N) is 1. The summed E-state index contributed by atoms with van der Waals surface area (Å²) in [5.74, 6) is 0.0620. The van der Waals surface area contributed by atoms with Crippen LogP contribution in [0.3, 0.4) is 0 Å². The molecule has 0 amide bonds. The van der Waals surface area contributed by atoms with Gasteiger partial charge >= 0.3 is 0 Å². The zero-order chi connectivity index (χ0) is 15.4. The van der Waals surface area contributed by atoms with Gasteiger partial charge in [0.05, 0.1) is 11.1 Å². The van der Waals surface area contributed by atoms with Crippen LogP contribution in [0.1, 0.15) is 5.56 Å². The van der Waals surface area contributed by atoms with E-state index in [1.807, 2.05) is 18.2 Å². The van der Waals surface area contributed by atoms with Crippen LogP contribution < -0.4 is 5.73 Å². The van der Waals surface area contributed by atoms with Crippen LogP contribution in [0.25, 0.3) is 10.9 Å². The fraction of sp³-hybridized carbons (Fsp3) is 0. The fourth-order valence-electron chi connectivity index (χ4n) is 1.59. The summed E-state index contributed by atoms with van der Waals surface area (Å²) in [5, 5.41) is 16.0. The summed E-state index contributed by atoms with van der Waals surface area (Å²) in [4.78, 5) is 0. The Morgan fingerprint density at radius 2 is 1.81 bits per heavy atom. The van der Waals surface area contributed by atoms with Gasteiger partial charge in [-0.15, -0.1) is 0 Å². The number of benzene rings is 2. The molecule has 0 unspecified atom stereocenters. The quantitative estimate of drug-likeness (QED) is 0.576. The highest BCUT2D eigenvalue weighted by atomic mass is 79.9. The summed E-state index contributed by atoms with van der Waals surface area (Å²) in [7, 11) is 0. The molecule has 0 aliphatic carbocycles. The molecule has 0 spiro atoms. The van der Waals surface area contributed by atoms with Gasteiger partial charge in [0.2, 0.25) is 0 Å². The summed E-state index contributed by atoms with van der Waals surface area (Å²) >= 11 is 6.47. The van der Waals surface area contributed by atoms with Gasteiger partial charge in [0.25, 0.3) is 0 Å². The lowest BCUT2D eigenvalue weighted by Crippen LogP contribution is -1.83. The summed E-state index contributed by atoms with van der Waals surface area (Å²) in [6.45, 7) is 0. The number of anilines is 1. The molecule has 21 heavy (non-hydrogen) atoms. The van der Waals surface area contributed by atoms with Crippen LogP contribution in [0, 0.1) is 17.1 Å². The van der Waals surface area contributed by atoms with E-state index in [4.69, 9.17) is 11.0 Å². The Bertz CT molecular complexity index is 823. The Morgan fingerprint density at radius 1 is 1.14 bits per heavy atom. The number of nitrogen functional groups attached to an aromatic ring is 1. The van der Waals surface area contributed by atoms with E-state index in [1.165, 1.54) is 12.1 Å². The number of rotatable bonds is 0. The maximum Gasteiger partial charge on any atom is 0.153 e. The molecule has 2 aromatic carbocycles. The van der Waals surface area contributed by atoms with E-state index >= 15 is 0 Å². The largest absolute Gasteiger partial charge is 0.382 e. The number of hydrogen-bond donors (Lipinski definition) is 2. The van der Waals surface area contributed by atoms with Gasteiger partial charge in [-0.1, -0.05) is 31.9 Å². The standard InChI is InChI=1S/C7H3BrFN.C7H6BrN3/c8-6-1-2-7(9)5(3-6)4-10;8-4-1-2-6-5(3-4)7(9)11-10-6/h1-3H;1-3H,(H3,9,10,11). The first-order chi connectivity index (χ1) is 10.0. The molecule has 0 aliphatic heterocycles. The average molecular weight is 412 g/mol. The Kier molecular flexibility index (Phi) is 4.94. The number of aromatic nitrogens is 2. The number of H-pyrrole nitrogens is 1. The number of halogens is 3. The molecular weight excluding hydrogens is 403 g/mol. The van der Waals surface area contributed by atoms with Crippen molar-refractivity contribution in [2.24, 2.45) is 0 Å². The molecule has 0 saturated carbocycles. The third-order valence-electron chi connectivity index (χ3n) is 2.60. The zero-order valence-corrected chi connectivity index (χ0v) is 13.7. The molecule has 3 rings (SSSR count). The van der Waals surface area contributed by atoms with Crippen LogP contribution in [-0.4, -0.2) is 10.2 Å². The highest BCUT2D eigenvalue weighted by molar-refractivity contribution is 9.10. The predicted octanol–water partition coefficient (Wildman–Crippen LogP) is 4.37. The molecule has 0 fully saturated rings. The minimum absolute atomic E-state index is 0.0642. The first-order valence-electron chi connectivity index (χ1n) is 5.75. The van der Waals surface area contributed by atoms with Crippen molar-refractivity contribution in [3.05, 3.63) is 56.7 Å². The van der Waals surface area contributed by atoms with E-state index in [-0.39, 0.29) is 5.56 Å². The van der Waals surface area contributed by atoms with Crippen LogP contribution >= 0.6 is 31.9 Å². The second-order valence-corrected chi connectivity index (χ2v) is 5.87. The van der Waals surface area contributed by atoms with E-state index in [0.29, 0.717) is 10.3 Å². The van der Waals surface area contributed by atoms with Crippen molar-refractivity contribution in [1.29, 1.82) is 5.26 Å². The third-order valence-corrected chi connectivity index (χ3v) is 3.59. The monoisotopic (exact) mass is 410 g/mol. The Labute approximate surface area is 137 Å². The number of aromatic amines is 1. The van der Waals surface area contributed by atoms with Crippen LogP contribution in [0.4, 0.5) is 10.2 Å². The molecule has 0 radical (unpaired) electrons. The molecule has 3 N–H and O–H groups in total. The Hall–Kier alpha value is -1.91. The first-order valence-corrected chi connectivity index (χ1v) is 7.34. The van der Waals surface area contributed by atoms with Crippen LogP contribution in [0.2, 0.25) is 0 Å². The number of hydrogen-bond acceptors (Lipinski definition) is 3. The minimum atomic E-state index is -0.481. The number of nitrogens with zero attached hydrogens (tertiary/aromatic N) is 2. The SMILES string of the molecule is N#Cc1cc(Br)ccc1F.Nc1n[nH]c2ccc(Br)cc12. The number of nitrogens with one attached hydrogen (secondary N) is 1. The molecule has 3 aromatic rings. The van der Waals surface area contributed by atoms with Gasteiger partial charge in [0.15, 0.2) is 5.82 Å². The van der Waals surface area contributed by atoms with Crippen molar-refractivity contribution in [1.82, 2.24) is 10.2 Å². The van der Waals surface area contributed by atoms with Crippen molar-refractivity contribution < 1.29 is 4.39 Å². The molecule has 0 aliphatic rings. The molecule has 4 nitrogen and oxygen atoms in total. The molecule has 7 heteroatoms. The molecule has 0 bridgehead atoms. The van der Waals surface area contributed by atoms with Crippen molar-refractivity contribution in [2.45, 2.75) is 0 Å². The second kappa shape index (κ2) is 6.70. The minimum Gasteiger partial charge on any atom is -0.382 e.